The van der Waals surface area contributed by atoms with Gasteiger partial charge in [0.15, 0.2) is 0 Å². The molecule has 1 fully saturated rings. The third kappa shape index (κ3) is 3.20. The van der Waals surface area contributed by atoms with Gasteiger partial charge < -0.3 is 16.0 Å². The number of amides is 1. The van der Waals surface area contributed by atoms with Gasteiger partial charge in [-0.2, -0.15) is 0 Å². The second-order valence-electron chi connectivity index (χ2n) is 5.22. The molecular formula is C16H18N4O. The standard InChI is InChI=1S/C16H18N4O/c17-13-8-9-20(11-13)15-7-6-12(10-18-15)16(21)19-14-4-2-1-3-5-14/h1-7,10,13H,8-9,11,17H2,(H,19,21)/t13-/m1/s1. The summed E-state index contributed by atoms with van der Waals surface area (Å²) < 4.78 is 0. The summed E-state index contributed by atoms with van der Waals surface area (Å²) in [5, 5.41) is 2.84. The number of para-hydroxylation sites is 1. The van der Waals surface area contributed by atoms with Crippen LogP contribution >= 0.6 is 0 Å². The molecule has 5 heteroatoms. The van der Waals surface area contributed by atoms with Gasteiger partial charge in [-0.15, -0.1) is 0 Å². The number of anilines is 2. The van der Waals surface area contributed by atoms with E-state index >= 15 is 0 Å². The van der Waals surface area contributed by atoms with Crippen LogP contribution in [0, 0.1) is 0 Å². The fourth-order valence-electron chi connectivity index (χ4n) is 2.43. The van der Waals surface area contributed by atoms with Crippen LogP contribution in [-0.2, 0) is 0 Å². The number of nitrogens with one attached hydrogen (secondary N) is 1. The monoisotopic (exact) mass is 282 g/mol. The molecule has 1 aliphatic heterocycles. The first-order valence-electron chi connectivity index (χ1n) is 7.05. The third-order valence-electron chi connectivity index (χ3n) is 3.59. The van der Waals surface area contributed by atoms with E-state index in [9.17, 15) is 4.79 Å². The van der Waals surface area contributed by atoms with Crippen molar-refractivity contribution in [1.82, 2.24) is 4.98 Å². The van der Waals surface area contributed by atoms with Crippen molar-refractivity contribution in [1.29, 1.82) is 0 Å². The number of hydrogen-bond acceptors (Lipinski definition) is 4. The van der Waals surface area contributed by atoms with E-state index in [-0.39, 0.29) is 11.9 Å². The minimum absolute atomic E-state index is 0.154. The number of benzene rings is 1. The zero-order chi connectivity index (χ0) is 14.7. The molecule has 1 amide bonds. The van der Waals surface area contributed by atoms with Gasteiger partial charge in [-0.1, -0.05) is 18.2 Å². The van der Waals surface area contributed by atoms with Gasteiger partial charge in [0, 0.05) is 31.0 Å². The Hall–Kier alpha value is -2.40. The molecule has 3 N–H and O–H groups in total. The van der Waals surface area contributed by atoms with Crippen molar-refractivity contribution in [2.75, 3.05) is 23.3 Å². The Balaban J connectivity index is 1.68. The maximum Gasteiger partial charge on any atom is 0.257 e. The van der Waals surface area contributed by atoms with E-state index in [0.29, 0.717) is 5.56 Å². The summed E-state index contributed by atoms with van der Waals surface area (Å²) in [6, 6.07) is 13.3. The summed E-state index contributed by atoms with van der Waals surface area (Å²) in [6.45, 7) is 1.74. The fraction of sp³-hybridized carbons (Fsp3) is 0.250. The predicted molar refractivity (Wildman–Crippen MR) is 83.4 cm³/mol. The Labute approximate surface area is 123 Å². The number of hydrogen-bond donors (Lipinski definition) is 2. The first kappa shape index (κ1) is 13.6. The Kier molecular flexibility index (Phi) is 3.83. The van der Waals surface area contributed by atoms with Gasteiger partial charge in [0.2, 0.25) is 0 Å². The van der Waals surface area contributed by atoms with Crippen LogP contribution < -0.4 is 16.0 Å². The molecule has 1 aromatic heterocycles. The first-order chi connectivity index (χ1) is 10.2. The second kappa shape index (κ2) is 5.93. The lowest BCUT2D eigenvalue weighted by atomic mass is 10.2. The molecule has 0 saturated carbocycles. The van der Waals surface area contributed by atoms with E-state index in [1.807, 2.05) is 36.4 Å². The van der Waals surface area contributed by atoms with Gasteiger partial charge in [0.05, 0.1) is 5.56 Å². The summed E-state index contributed by atoms with van der Waals surface area (Å²) in [4.78, 5) is 18.6. The highest BCUT2D eigenvalue weighted by Gasteiger charge is 2.20. The summed E-state index contributed by atoms with van der Waals surface area (Å²) in [5.74, 6) is 0.720. The quantitative estimate of drug-likeness (QED) is 0.901. The van der Waals surface area contributed by atoms with Gasteiger partial charge in [0.25, 0.3) is 5.91 Å². The Morgan fingerprint density at radius 2 is 2.05 bits per heavy atom. The maximum atomic E-state index is 12.1. The molecule has 0 bridgehead atoms. The normalized spacial score (nSPS) is 17.8. The van der Waals surface area contributed by atoms with Crippen molar-refractivity contribution < 1.29 is 4.79 Å². The van der Waals surface area contributed by atoms with Gasteiger partial charge in [-0.25, -0.2) is 4.98 Å². The second-order valence-corrected chi connectivity index (χ2v) is 5.22. The Morgan fingerprint density at radius 1 is 1.24 bits per heavy atom. The van der Waals surface area contributed by atoms with E-state index < -0.39 is 0 Å². The number of nitrogens with zero attached hydrogens (tertiary/aromatic N) is 2. The van der Waals surface area contributed by atoms with Crippen molar-refractivity contribution in [3.05, 3.63) is 54.2 Å². The van der Waals surface area contributed by atoms with Crippen molar-refractivity contribution in [2.45, 2.75) is 12.5 Å². The molecule has 1 aromatic carbocycles. The predicted octanol–water partition coefficient (Wildman–Crippen LogP) is 1.87. The van der Waals surface area contributed by atoms with Gasteiger partial charge in [-0.3, -0.25) is 4.79 Å². The van der Waals surface area contributed by atoms with Crippen LogP contribution in [0.25, 0.3) is 0 Å². The van der Waals surface area contributed by atoms with Gasteiger partial charge in [-0.05, 0) is 30.7 Å². The highest BCUT2D eigenvalue weighted by Crippen LogP contribution is 2.17. The van der Waals surface area contributed by atoms with Crippen molar-refractivity contribution in [3.8, 4) is 0 Å². The summed E-state index contributed by atoms with van der Waals surface area (Å²) >= 11 is 0. The van der Waals surface area contributed by atoms with Gasteiger partial charge in [0.1, 0.15) is 5.82 Å². The lowest BCUT2D eigenvalue weighted by molar-refractivity contribution is 0.102. The molecule has 5 nitrogen and oxygen atoms in total. The van der Waals surface area contributed by atoms with Crippen molar-refractivity contribution in [2.24, 2.45) is 5.73 Å². The summed E-state index contributed by atoms with van der Waals surface area (Å²) in [7, 11) is 0. The fourth-order valence-corrected chi connectivity index (χ4v) is 2.43. The molecule has 0 aliphatic carbocycles. The summed E-state index contributed by atoms with van der Waals surface area (Å²) in [6.07, 6.45) is 2.59. The first-order valence-corrected chi connectivity index (χ1v) is 7.05. The SMILES string of the molecule is N[C@@H]1CCN(c2ccc(C(=O)Nc3ccccc3)cn2)C1. The molecule has 1 atom stereocenters. The average Bonchev–Trinajstić information content (AvgIpc) is 2.95. The largest absolute Gasteiger partial charge is 0.355 e. The van der Waals surface area contributed by atoms with Crippen LogP contribution in [0.5, 0.6) is 0 Å². The molecule has 1 saturated heterocycles. The minimum Gasteiger partial charge on any atom is -0.355 e. The zero-order valence-corrected chi connectivity index (χ0v) is 11.7. The third-order valence-corrected chi connectivity index (χ3v) is 3.59. The Bertz CT molecular complexity index is 612. The molecule has 2 aromatic rings. The van der Waals surface area contributed by atoms with E-state index in [1.54, 1.807) is 12.3 Å². The van der Waals surface area contributed by atoms with Crippen molar-refractivity contribution in [3.63, 3.8) is 0 Å². The molecule has 1 aliphatic rings. The number of carbonyl (C=O) groups excluding carboxylic acids is 1. The molecule has 108 valence electrons. The lowest BCUT2D eigenvalue weighted by Crippen LogP contribution is -2.26. The minimum atomic E-state index is -0.154. The zero-order valence-electron chi connectivity index (χ0n) is 11.7. The average molecular weight is 282 g/mol. The van der Waals surface area contributed by atoms with Crippen LogP contribution in [0.4, 0.5) is 11.5 Å². The number of pyridine rings is 1. The van der Waals surface area contributed by atoms with Crippen LogP contribution in [0.2, 0.25) is 0 Å². The number of rotatable bonds is 3. The Morgan fingerprint density at radius 3 is 2.67 bits per heavy atom. The summed E-state index contributed by atoms with van der Waals surface area (Å²) in [5.41, 5.74) is 7.22. The molecule has 0 radical (unpaired) electrons. The van der Waals surface area contributed by atoms with E-state index in [0.717, 1.165) is 31.0 Å². The molecular weight excluding hydrogens is 264 g/mol. The maximum absolute atomic E-state index is 12.1. The smallest absolute Gasteiger partial charge is 0.257 e. The highest BCUT2D eigenvalue weighted by molar-refractivity contribution is 6.04. The topological polar surface area (TPSA) is 71.2 Å². The van der Waals surface area contributed by atoms with Crippen LogP contribution in [0.1, 0.15) is 16.8 Å². The van der Waals surface area contributed by atoms with Gasteiger partial charge >= 0.3 is 0 Å². The molecule has 3 rings (SSSR count). The number of aromatic nitrogens is 1. The van der Waals surface area contributed by atoms with E-state index in [2.05, 4.69) is 15.2 Å². The molecule has 21 heavy (non-hydrogen) atoms. The molecule has 0 unspecified atom stereocenters. The van der Waals surface area contributed by atoms with E-state index in [4.69, 9.17) is 5.73 Å². The van der Waals surface area contributed by atoms with Crippen LogP contribution in [-0.4, -0.2) is 30.0 Å². The number of nitrogens with two attached hydrogens (primary N) is 1. The van der Waals surface area contributed by atoms with Crippen LogP contribution in [0.15, 0.2) is 48.7 Å². The molecule has 0 spiro atoms. The number of carbonyl (C=O) groups is 1. The van der Waals surface area contributed by atoms with Crippen molar-refractivity contribution >= 4 is 17.4 Å². The highest BCUT2D eigenvalue weighted by atomic mass is 16.1. The molecule has 2 heterocycles. The van der Waals surface area contributed by atoms with Crippen LogP contribution in [0.3, 0.4) is 0 Å². The lowest BCUT2D eigenvalue weighted by Gasteiger charge is -2.16. The van der Waals surface area contributed by atoms with E-state index in [1.165, 1.54) is 0 Å².